The highest BCUT2D eigenvalue weighted by Gasteiger charge is 2.24. The topological polar surface area (TPSA) is 89.5 Å². The maximum atomic E-state index is 13.1. The molecule has 1 aliphatic heterocycles. The van der Waals surface area contributed by atoms with E-state index in [0.29, 0.717) is 5.95 Å². The number of fused-ring (bicyclic) bond motifs is 1. The number of benzene rings is 2. The molecule has 2 aromatic heterocycles. The van der Waals surface area contributed by atoms with Crippen LogP contribution < -0.4 is 19.7 Å². The Labute approximate surface area is 216 Å². The number of carbonyl (C=O) groups is 1. The minimum absolute atomic E-state index is 0.101. The molecule has 37 heavy (non-hydrogen) atoms. The van der Waals surface area contributed by atoms with Crippen LogP contribution in [0, 0.1) is 0 Å². The number of anilines is 2. The van der Waals surface area contributed by atoms with Crippen LogP contribution in [0.1, 0.15) is 41.0 Å². The fourth-order valence-electron chi connectivity index (χ4n) is 4.16. The lowest BCUT2D eigenvalue weighted by Crippen LogP contribution is -2.25. The summed E-state index contributed by atoms with van der Waals surface area (Å²) in [5.74, 6) is 1.21. The van der Waals surface area contributed by atoms with Crippen molar-refractivity contribution >= 4 is 17.5 Å². The van der Waals surface area contributed by atoms with Crippen LogP contribution in [0.4, 0.5) is 11.6 Å². The summed E-state index contributed by atoms with van der Waals surface area (Å²) >= 11 is 0. The van der Waals surface area contributed by atoms with Crippen LogP contribution in [-0.4, -0.2) is 33.5 Å². The predicted molar refractivity (Wildman–Crippen MR) is 141 cm³/mol. The number of carbonyl (C=O) groups excluding carboxylic acids is 1. The molecule has 1 amide bonds. The van der Waals surface area contributed by atoms with E-state index in [-0.39, 0.29) is 36.6 Å². The van der Waals surface area contributed by atoms with Gasteiger partial charge in [-0.3, -0.25) is 9.78 Å². The Balaban J connectivity index is 1.38. The zero-order valence-corrected chi connectivity index (χ0v) is 20.9. The number of rotatable bonds is 9. The van der Waals surface area contributed by atoms with Crippen molar-refractivity contribution in [3.05, 3.63) is 102 Å². The van der Waals surface area contributed by atoms with Crippen molar-refractivity contribution in [1.29, 1.82) is 0 Å². The van der Waals surface area contributed by atoms with Gasteiger partial charge in [0.15, 0.2) is 0 Å². The Kier molecular flexibility index (Phi) is 7.26. The van der Waals surface area contributed by atoms with Crippen molar-refractivity contribution in [2.75, 3.05) is 11.4 Å². The van der Waals surface area contributed by atoms with Gasteiger partial charge < -0.3 is 19.7 Å². The number of nitrogens with one attached hydrogen (secondary N) is 1. The van der Waals surface area contributed by atoms with Crippen molar-refractivity contribution in [2.24, 2.45) is 0 Å². The van der Waals surface area contributed by atoms with Gasteiger partial charge in [-0.05, 0) is 61.7 Å². The Bertz CT molecular complexity index is 1360. The molecule has 0 saturated heterocycles. The van der Waals surface area contributed by atoms with Gasteiger partial charge in [0, 0.05) is 24.6 Å². The Morgan fingerprint density at radius 3 is 2.62 bits per heavy atom. The molecule has 5 rings (SSSR count). The van der Waals surface area contributed by atoms with Crippen LogP contribution in [0.25, 0.3) is 0 Å². The molecule has 1 aliphatic rings. The standard InChI is InChI=1S/C29H29N5O3/c1-20(2)37-24-12-10-21(11-13-24)19-36-28-25(27(35)31-17-23-8-5-6-15-30-23)18-32-29(33-28)34-16-14-22-7-3-4-9-26(22)34/h3-13,15,18,20H,14,16-17,19H2,1-2H3,(H,31,35). The third kappa shape index (κ3) is 5.86. The first-order valence-corrected chi connectivity index (χ1v) is 12.4. The number of hydrogen-bond acceptors (Lipinski definition) is 7. The minimum Gasteiger partial charge on any atom is -0.491 e. The van der Waals surface area contributed by atoms with E-state index in [2.05, 4.69) is 32.3 Å². The van der Waals surface area contributed by atoms with Gasteiger partial charge in [-0.1, -0.05) is 36.4 Å². The number of ether oxygens (including phenoxy) is 2. The van der Waals surface area contributed by atoms with Gasteiger partial charge in [0.05, 0.1) is 18.3 Å². The Morgan fingerprint density at radius 2 is 1.84 bits per heavy atom. The number of para-hydroxylation sites is 1. The van der Waals surface area contributed by atoms with Crippen LogP contribution in [0.15, 0.2) is 79.1 Å². The lowest BCUT2D eigenvalue weighted by Gasteiger charge is -2.19. The molecule has 0 saturated carbocycles. The van der Waals surface area contributed by atoms with E-state index in [9.17, 15) is 4.79 Å². The highest BCUT2D eigenvalue weighted by atomic mass is 16.5. The number of nitrogens with zero attached hydrogens (tertiary/aromatic N) is 4. The lowest BCUT2D eigenvalue weighted by molar-refractivity contribution is 0.0944. The number of hydrogen-bond donors (Lipinski definition) is 1. The lowest BCUT2D eigenvalue weighted by atomic mass is 10.2. The third-order valence-electron chi connectivity index (χ3n) is 5.94. The number of amides is 1. The summed E-state index contributed by atoms with van der Waals surface area (Å²) < 4.78 is 11.8. The average molecular weight is 496 g/mol. The van der Waals surface area contributed by atoms with Crippen LogP contribution in [0.3, 0.4) is 0 Å². The summed E-state index contributed by atoms with van der Waals surface area (Å²) in [5.41, 5.74) is 4.28. The second-order valence-electron chi connectivity index (χ2n) is 9.02. The Morgan fingerprint density at radius 1 is 1.03 bits per heavy atom. The summed E-state index contributed by atoms with van der Waals surface area (Å²) in [4.78, 5) is 28.6. The van der Waals surface area contributed by atoms with E-state index in [1.165, 1.54) is 11.8 Å². The highest BCUT2D eigenvalue weighted by Crippen LogP contribution is 2.33. The first-order chi connectivity index (χ1) is 18.1. The summed E-state index contributed by atoms with van der Waals surface area (Å²) in [6.07, 6.45) is 4.24. The maximum Gasteiger partial charge on any atom is 0.258 e. The van der Waals surface area contributed by atoms with Crippen molar-refractivity contribution in [2.45, 2.75) is 39.5 Å². The van der Waals surface area contributed by atoms with Gasteiger partial charge in [0.1, 0.15) is 17.9 Å². The van der Waals surface area contributed by atoms with Gasteiger partial charge in [0.2, 0.25) is 11.8 Å². The summed E-state index contributed by atoms with van der Waals surface area (Å²) in [5, 5.41) is 2.89. The van der Waals surface area contributed by atoms with Crippen LogP contribution in [0.5, 0.6) is 11.6 Å². The zero-order valence-electron chi connectivity index (χ0n) is 20.9. The summed E-state index contributed by atoms with van der Waals surface area (Å²) in [6.45, 7) is 5.28. The van der Waals surface area contributed by atoms with Gasteiger partial charge >= 0.3 is 0 Å². The van der Waals surface area contributed by atoms with E-state index in [1.54, 1.807) is 6.20 Å². The van der Waals surface area contributed by atoms with Crippen molar-refractivity contribution in [1.82, 2.24) is 20.3 Å². The second kappa shape index (κ2) is 11.1. The van der Waals surface area contributed by atoms with E-state index >= 15 is 0 Å². The van der Waals surface area contributed by atoms with E-state index in [4.69, 9.17) is 14.5 Å². The molecule has 0 unspecified atom stereocenters. The van der Waals surface area contributed by atoms with E-state index in [0.717, 1.165) is 35.7 Å². The number of pyridine rings is 1. The first-order valence-electron chi connectivity index (χ1n) is 12.4. The normalized spacial score (nSPS) is 12.4. The SMILES string of the molecule is CC(C)Oc1ccc(COc2nc(N3CCc4ccccc43)ncc2C(=O)NCc2ccccn2)cc1. The maximum absolute atomic E-state index is 13.1. The molecular weight excluding hydrogens is 466 g/mol. The molecule has 4 aromatic rings. The van der Waals surface area contributed by atoms with Gasteiger partial charge in [-0.25, -0.2) is 4.98 Å². The minimum atomic E-state index is -0.324. The molecule has 0 fully saturated rings. The largest absolute Gasteiger partial charge is 0.491 e. The molecule has 1 N–H and O–H groups in total. The average Bonchev–Trinajstić information content (AvgIpc) is 3.36. The molecule has 0 radical (unpaired) electrons. The monoisotopic (exact) mass is 495 g/mol. The first kappa shape index (κ1) is 24.2. The molecule has 8 nitrogen and oxygen atoms in total. The fraction of sp³-hybridized carbons (Fsp3) is 0.241. The third-order valence-corrected chi connectivity index (χ3v) is 5.94. The fourth-order valence-corrected chi connectivity index (χ4v) is 4.16. The quantitative estimate of drug-likeness (QED) is 0.355. The zero-order chi connectivity index (χ0) is 25.6. The molecule has 8 heteroatoms. The highest BCUT2D eigenvalue weighted by molar-refractivity contribution is 5.96. The van der Waals surface area contributed by atoms with Crippen molar-refractivity contribution in [3.63, 3.8) is 0 Å². The molecule has 0 aliphatic carbocycles. The summed E-state index contributed by atoms with van der Waals surface area (Å²) in [7, 11) is 0. The van der Waals surface area contributed by atoms with Gasteiger partial charge in [-0.2, -0.15) is 4.98 Å². The molecule has 0 bridgehead atoms. The van der Waals surface area contributed by atoms with E-state index in [1.807, 2.05) is 68.4 Å². The van der Waals surface area contributed by atoms with E-state index < -0.39 is 0 Å². The molecule has 0 atom stereocenters. The van der Waals surface area contributed by atoms with Crippen molar-refractivity contribution < 1.29 is 14.3 Å². The van der Waals surface area contributed by atoms with Crippen molar-refractivity contribution in [3.8, 4) is 11.6 Å². The van der Waals surface area contributed by atoms with Crippen LogP contribution >= 0.6 is 0 Å². The van der Waals surface area contributed by atoms with Gasteiger partial charge in [-0.15, -0.1) is 0 Å². The molecule has 188 valence electrons. The van der Waals surface area contributed by atoms with Crippen LogP contribution in [0.2, 0.25) is 0 Å². The predicted octanol–water partition coefficient (Wildman–Crippen LogP) is 4.86. The Hall–Kier alpha value is -4.46. The molecule has 3 heterocycles. The smallest absolute Gasteiger partial charge is 0.258 e. The second-order valence-corrected chi connectivity index (χ2v) is 9.02. The molecular formula is C29H29N5O3. The summed E-state index contributed by atoms with van der Waals surface area (Å²) in [6, 6.07) is 21.5. The number of aromatic nitrogens is 3. The molecule has 0 spiro atoms. The molecule has 2 aromatic carbocycles. The van der Waals surface area contributed by atoms with Gasteiger partial charge in [0.25, 0.3) is 5.91 Å². The van der Waals surface area contributed by atoms with Crippen LogP contribution in [-0.2, 0) is 19.6 Å².